The maximum Gasteiger partial charge on any atom is 0.141 e. The van der Waals surface area contributed by atoms with Gasteiger partial charge in [-0.15, -0.1) is 0 Å². The van der Waals surface area contributed by atoms with Crippen LogP contribution in [0.1, 0.15) is 35.7 Å². The van der Waals surface area contributed by atoms with Crippen LogP contribution in [0.25, 0.3) is 11.1 Å². The molecule has 0 aliphatic heterocycles. The van der Waals surface area contributed by atoms with Gasteiger partial charge in [0.05, 0.1) is 23.2 Å². The van der Waals surface area contributed by atoms with Crippen LogP contribution >= 0.6 is 0 Å². The second kappa shape index (κ2) is 10.3. The van der Waals surface area contributed by atoms with E-state index in [4.69, 9.17) is 0 Å². The largest absolute Gasteiger partial charge is 0.347 e. The lowest BCUT2D eigenvalue weighted by atomic mass is 9.89. The Kier molecular flexibility index (Phi) is 7.30. The lowest BCUT2D eigenvalue weighted by Gasteiger charge is -2.30. The van der Waals surface area contributed by atoms with E-state index in [1.54, 1.807) is 30.6 Å². The topological polar surface area (TPSA) is 52.3 Å². The number of hydrogen-bond acceptors (Lipinski definition) is 4. The minimum absolute atomic E-state index is 0.00142. The van der Waals surface area contributed by atoms with E-state index in [1.807, 2.05) is 38.3 Å². The van der Waals surface area contributed by atoms with Gasteiger partial charge in [0, 0.05) is 36.3 Å². The maximum absolute atomic E-state index is 14.3. The molecule has 1 aliphatic rings. The minimum Gasteiger partial charge on any atom is -0.347 e. The van der Waals surface area contributed by atoms with Crippen molar-refractivity contribution in [2.24, 2.45) is 4.99 Å². The zero-order chi connectivity index (χ0) is 23.1. The molecule has 0 N–H and O–H groups in total. The molecule has 32 heavy (non-hydrogen) atoms. The van der Waals surface area contributed by atoms with Crippen molar-refractivity contribution < 1.29 is 4.39 Å². The van der Waals surface area contributed by atoms with Crippen LogP contribution in [-0.4, -0.2) is 23.1 Å². The molecule has 0 amide bonds. The van der Waals surface area contributed by atoms with Crippen molar-refractivity contribution in [2.45, 2.75) is 19.8 Å². The molecule has 0 unspecified atom stereocenters. The Morgan fingerprint density at radius 2 is 2.06 bits per heavy atom. The zero-order valence-electron chi connectivity index (χ0n) is 18.3. The molecule has 0 bridgehead atoms. The molecule has 1 aliphatic carbocycles. The molecule has 0 saturated carbocycles. The average Bonchev–Trinajstić information content (AvgIpc) is 2.82. The monoisotopic (exact) mass is 424 g/mol. The first-order valence-corrected chi connectivity index (χ1v) is 10.3. The summed E-state index contributed by atoms with van der Waals surface area (Å²) in [7, 11) is 1.98. The van der Waals surface area contributed by atoms with E-state index in [2.05, 4.69) is 34.1 Å². The van der Waals surface area contributed by atoms with E-state index < -0.39 is 5.82 Å². The van der Waals surface area contributed by atoms with E-state index in [0.717, 1.165) is 41.1 Å². The fraction of sp³-hybridized carbons (Fsp3) is 0.148. The second-order valence-electron chi connectivity index (χ2n) is 7.18. The second-order valence-corrected chi connectivity index (χ2v) is 7.18. The lowest BCUT2D eigenvalue weighted by molar-refractivity contribution is 0.516. The first kappa shape index (κ1) is 22.6. The molecule has 1 heterocycles. The molecular weight excluding hydrogens is 399 g/mol. The summed E-state index contributed by atoms with van der Waals surface area (Å²) in [4.78, 5) is 10.9. The van der Waals surface area contributed by atoms with Gasteiger partial charge < -0.3 is 4.90 Å². The lowest BCUT2D eigenvalue weighted by Crippen LogP contribution is -2.22. The van der Waals surface area contributed by atoms with Crippen LogP contribution in [0.2, 0.25) is 0 Å². The summed E-state index contributed by atoms with van der Waals surface area (Å²) in [5.74, 6) is -0.553. The number of allylic oxidation sites excluding steroid dienone is 7. The number of hydrogen-bond donors (Lipinski definition) is 0. The summed E-state index contributed by atoms with van der Waals surface area (Å²) in [6.07, 6.45) is 12.2. The maximum atomic E-state index is 14.3. The fourth-order valence-electron chi connectivity index (χ4n) is 3.83. The first-order valence-electron chi connectivity index (χ1n) is 10.3. The van der Waals surface area contributed by atoms with Crippen LogP contribution in [0.4, 0.5) is 4.39 Å². The molecule has 1 aromatic heterocycles. The van der Waals surface area contributed by atoms with Gasteiger partial charge in [0.15, 0.2) is 0 Å². The molecule has 0 radical (unpaired) electrons. The molecule has 0 spiro atoms. The molecule has 3 rings (SSSR count). The summed E-state index contributed by atoms with van der Waals surface area (Å²) in [6, 6.07) is 10.6. The number of nitrogens with zero attached hydrogens (tertiary/aromatic N) is 4. The number of pyridine rings is 1. The molecule has 160 valence electrons. The Morgan fingerprint density at radius 3 is 2.75 bits per heavy atom. The van der Waals surface area contributed by atoms with E-state index in [-0.39, 0.29) is 5.56 Å². The highest BCUT2D eigenvalue weighted by molar-refractivity contribution is 5.91. The van der Waals surface area contributed by atoms with Crippen LogP contribution < -0.4 is 0 Å². The van der Waals surface area contributed by atoms with E-state index in [1.165, 1.54) is 12.3 Å². The smallest absolute Gasteiger partial charge is 0.141 e. The van der Waals surface area contributed by atoms with Crippen molar-refractivity contribution in [3.8, 4) is 6.07 Å². The van der Waals surface area contributed by atoms with Gasteiger partial charge in [0.2, 0.25) is 0 Å². The summed E-state index contributed by atoms with van der Waals surface area (Å²) < 4.78 is 14.3. The molecule has 5 heteroatoms. The number of nitriles is 1. The highest BCUT2D eigenvalue weighted by Crippen LogP contribution is 2.36. The van der Waals surface area contributed by atoms with Crippen LogP contribution in [-0.2, 0) is 6.42 Å². The fourth-order valence-corrected chi connectivity index (χ4v) is 3.83. The van der Waals surface area contributed by atoms with Crippen molar-refractivity contribution in [3.05, 3.63) is 114 Å². The van der Waals surface area contributed by atoms with Gasteiger partial charge in [0.25, 0.3) is 0 Å². The molecule has 4 nitrogen and oxygen atoms in total. The predicted octanol–water partition coefficient (Wildman–Crippen LogP) is 6.07. The van der Waals surface area contributed by atoms with Gasteiger partial charge in [-0.3, -0.25) is 9.98 Å². The molecule has 2 aromatic rings. The predicted molar refractivity (Wildman–Crippen MR) is 129 cm³/mol. The van der Waals surface area contributed by atoms with Gasteiger partial charge in [-0.05, 0) is 49.1 Å². The molecule has 0 fully saturated rings. The number of benzene rings is 1. The molecular formula is C27H25FN4. The number of halogens is 1. The number of aliphatic imine (C=N–C) groups is 1. The molecule has 0 saturated heterocycles. The molecule has 1 aromatic carbocycles. The minimum atomic E-state index is -0.553. The third-order valence-electron chi connectivity index (χ3n) is 5.44. The Bertz CT molecular complexity index is 1210. The van der Waals surface area contributed by atoms with Crippen molar-refractivity contribution >= 4 is 17.4 Å². The highest BCUT2D eigenvalue weighted by atomic mass is 19.1. The number of rotatable bonds is 7. The summed E-state index contributed by atoms with van der Waals surface area (Å²) in [5, 5.41) is 9.52. The van der Waals surface area contributed by atoms with Gasteiger partial charge in [-0.1, -0.05) is 43.5 Å². The van der Waals surface area contributed by atoms with Crippen molar-refractivity contribution in [1.82, 2.24) is 9.88 Å². The highest BCUT2D eigenvalue weighted by Gasteiger charge is 2.23. The third kappa shape index (κ3) is 4.50. The number of aryl methyl sites for hydroxylation is 1. The van der Waals surface area contributed by atoms with Crippen molar-refractivity contribution in [3.63, 3.8) is 0 Å². The Labute approximate surface area is 188 Å². The zero-order valence-corrected chi connectivity index (χ0v) is 18.3. The van der Waals surface area contributed by atoms with Gasteiger partial charge in [0.1, 0.15) is 11.9 Å². The van der Waals surface area contributed by atoms with Gasteiger partial charge >= 0.3 is 0 Å². The van der Waals surface area contributed by atoms with E-state index in [0.29, 0.717) is 11.1 Å². The van der Waals surface area contributed by atoms with Crippen LogP contribution in [0.15, 0.2) is 90.5 Å². The van der Waals surface area contributed by atoms with Crippen molar-refractivity contribution in [2.75, 3.05) is 7.05 Å². The van der Waals surface area contributed by atoms with Crippen LogP contribution in [0.3, 0.4) is 0 Å². The normalized spacial score (nSPS) is 14.2. The summed E-state index contributed by atoms with van der Waals surface area (Å²) in [5.41, 5.74) is 6.03. The summed E-state index contributed by atoms with van der Waals surface area (Å²) >= 11 is 0. The third-order valence-corrected chi connectivity index (χ3v) is 5.44. The molecule has 0 atom stereocenters. The first-order chi connectivity index (χ1) is 15.5. The Balaban J connectivity index is 2.26. The SMILES string of the molecule is C=CN=C/C(=C\C)N(C)C1=C(/C=C(\C=C)c2cccc(F)c2C#N)c2ncccc2CC1. The summed E-state index contributed by atoms with van der Waals surface area (Å²) in [6.45, 7) is 9.52. The van der Waals surface area contributed by atoms with E-state index in [9.17, 15) is 9.65 Å². The quantitative estimate of drug-likeness (QED) is 0.400. The average molecular weight is 425 g/mol. The van der Waals surface area contributed by atoms with Crippen molar-refractivity contribution in [1.29, 1.82) is 5.26 Å². The Hall–Kier alpha value is -4.04. The standard InChI is InChI=1S/C27H25FN4/c1-5-19(22-11-8-12-25(28)24(22)17-29)16-23-26(32(4)21(6-2)18-30-7-3)14-13-20-10-9-15-31-27(20)23/h5-12,15-16,18H,1,3,13-14H2,2,4H3/b19-16+,21-6+,30-18?. The van der Waals surface area contributed by atoms with Crippen LogP contribution in [0, 0.1) is 17.1 Å². The Morgan fingerprint density at radius 1 is 1.25 bits per heavy atom. The van der Waals surface area contributed by atoms with Gasteiger partial charge in [-0.2, -0.15) is 5.26 Å². The number of fused-ring (bicyclic) bond motifs is 1. The van der Waals surface area contributed by atoms with Crippen LogP contribution in [0.5, 0.6) is 0 Å². The number of aromatic nitrogens is 1. The van der Waals surface area contributed by atoms with E-state index >= 15 is 0 Å². The van der Waals surface area contributed by atoms with Gasteiger partial charge in [-0.25, -0.2) is 4.39 Å².